The fourth-order valence-corrected chi connectivity index (χ4v) is 8.71. The summed E-state index contributed by atoms with van der Waals surface area (Å²) in [6.07, 6.45) is 21.9. The predicted molar refractivity (Wildman–Crippen MR) is 201 cm³/mol. The molecule has 53 heavy (non-hydrogen) atoms. The summed E-state index contributed by atoms with van der Waals surface area (Å²) in [5, 5.41) is 2.90. The lowest BCUT2D eigenvalue weighted by Crippen LogP contribution is -2.51. The van der Waals surface area contributed by atoms with Crippen molar-refractivity contribution < 1.29 is 42.9 Å². The Labute approximate surface area is 317 Å². The molecule has 4 rings (SSSR count). The first-order valence-corrected chi connectivity index (χ1v) is 20.8. The van der Waals surface area contributed by atoms with Crippen molar-refractivity contribution in [2.24, 2.45) is 0 Å². The molecule has 0 heterocycles. The van der Waals surface area contributed by atoms with Gasteiger partial charge in [-0.15, -0.1) is 0 Å². The number of ether oxygens (including phenoxy) is 4. The van der Waals surface area contributed by atoms with Crippen LogP contribution in [0.2, 0.25) is 0 Å². The van der Waals surface area contributed by atoms with Gasteiger partial charge in [-0.25, -0.2) is 4.79 Å². The number of hydrogen-bond acceptors (Lipinski definition) is 9. The third-order valence-corrected chi connectivity index (χ3v) is 11.4. The van der Waals surface area contributed by atoms with Gasteiger partial charge in [0.25, 0.3) is 0 Å². The molecule has 4 aliphatic carbocycles. The summed E-state index contributed by atoms with van der Waals surface area (Å²) in [4.78, 5) is 68.5. The monoisotopic (exact) mass is 745 g/mol. The highest BCUT2D eigenvalue weighted by Crippen LogP contribution is 2.32. The fourth-order valence-electron chi connectivity index (χ4n) is 8.71. The van der Waals surface area contributed by atoms with E-state index < -0.39 is 23.9 Å². The third kappa shape index (κ3) is 15.0. The fraction of sp³-hybridized carbons (Fsp3) is 0.829. The Hall–Kier alpha value is -2.99. The molecule has 0 radical (unpaired) electrons. The normalized spacial score (nSPS) is 19.4. The molecule has 12 heteroatoms. The van der Waals surface area contributed by atoms with Crippen LogP contribution < -0.4 is 5.32 Å². The van der Waals surface area contributed by atoms with Crippen molar-refractivity contribution in [2.45, 2.75) is 178 Å². The maximum atomic E-state index is 13.7. The molecule has 4 fully saturated rings. The first-order chi connectivity index (χ1) is 25.7. The summed E-state index contributed by atoms with van der Waals surface area (Å²) in [7, 11) is 0. The van der Waals surface area contributed by atoms with Crippen molar-refractivity contribution in [3.63, 3.8) is 0 Å². The Morgan fingerprint density at radius 3 is 1.34 bits per heavy atom. The van der Waals surface area contributed by atoms with E-state index in [9.17, 15) is 24.0 Å². The molecule has 4 saturated carbocycles. The molecule has 0 aromatic heterocycles. The van der Waals surface area contributed by atoms with Crippen molar-refractivity contribution in [1.29, 1.82) is 0 Å². The van der Waals surface area contributed by atoms with Gasteiger partial charge in [0.05, 0.1) is 25.7 Å². The van der Waals surface area contributed by atoms with Gasteiger partial charge in [0.1, 0.15) is 26.4 Å². The maximum Gasteiger partial charge on any atom is 0.333 e. The molecular weight excluding hydrogens is 678 g/mol. The largest absolute Gasteiger partial charge is 0.462 e. The Kier molecular flexibility index (Phi) is 19.1. The van der Waals surface area contributed by atoms with Gasteiger partial charge < -0.3 is 34.1 Å². The number of amides is 3. The van der Waals surface area contributed by atoms with Gasteiger partial charge in [0.15, 0.2) is 0 Å². The Morgan fingerprint density at radius 2 is 0.962 bits per heavy atom. The lowest BCUT2D eigenvalue weighted by atomic mass is 9.88. The standard InChI is InChI=1S/C41H67N3O9/c1-31(2)41(49)53-26-25-52-40(48)24-23-37(45)42-32(27-50-29-38(46)43(33-15-7-3-8-16-33)34-17-9-4-10-18-34)28-51-30-39(47)44(35-19-11-5-12-20-35)36-21-13-6-14-22-36/h32-36H,1,3-30H2,2H3,(H,42,45). The smallest absolute Gasteiger partial charge is 0.333 e. The van der Waals surface area contributed by atoms with E-state index in [1.54, 1.807) is 0 Å². The van der Waals surface area contributed by atoms with E-state index in [0.717, 1.165) is 103 Å². The average molecular weight is 746 g/mol. The van der Waals surface area contributed by atoms with Gasteiger partial charge in [0, 0.05) is 36.2 Å². The highest BCUT2D eigenvalue weighted by Gasteiger charge is 2.34. The minimum atomic E-state index is -0.628. The van der Waals surface area contributed by atoms with E-state index in [-0.39, 0.29) is 94.0 Å². The summed E-state index contributed by atoms with van der Waals surface area (Å²) in [5.41, 5.74) is 0.251. The molecule has 4 aliphatic rings. The molecule has 0 spiro atoms. The van der Waals surface area contributed by atoms with E-state index in [1.165, 1.54) is 32.6 Å². The van der Waals surface area contributed by atoms with Crippen LogP contribution in [0.5, 0.6) is 0 Å². The lowest BCUT2D eigenvalue weighted by molar-refractivity contribution is -0.150. The quantitative estimate of drug-likeness (QED) is 0.0912. The second kappa shape index (κ2) is 23.7. The molecule has 12 nitrogen and oxygen atoms in total. The van der Waals surface area contributed by atoms with Crippen LogP contribution >= 0.6 is 0 Å². The van der Waals surface area contributed by atoms with E-state index in [2.05, 4.69) is 21.7 Å². The highest BCUT2D eigenvalue weighted by molar-refractivity contribution is 5.87. The maximum absolute atomic E-state index is 13.7. The zero-order valence-corrected chi connectivity index (χ0v) is 32.5. The number of hydrogen-bond donors (Lipinski definition) is 1. The van der Waals surface area contributed by atoms with E-state index in [4.69, 9.17) is 18.9 Å². The van der Waals surface area contributed by atoms with Crippen LogP contribution in [0.3, 0.4) is 0 Å². The Bertz CT molecular complexity index is 1080. The van der Waals surface area contributed by atoms with Gasteiger partial charge in [-0.2, -0.15) is 0 Å². The first-order valence-electron chi connectivity index (χ1n) is 20.8. The number of rotatable bonds is 20. The van der Waals surface area contributed by atoms with Crippen LogP contribution in [0, 0.1) is 0 Å². The minimum Gasteiger partial charge on any atom is -0.462 e. The van der Waals surface area contributed by atoms with Crippen LogP contribution in [0.15, 0.2) is 12.2 Å². The lowest BCUT2D eigenvalue weighted by Gasteiger charge is -2.42. The molecule has 3 amide bonds. The predicted octanol–water partition coefficient (Wildman–Crippen LogP) is 5.94. The van der Waals surface area contributed by atoms with E-state index in [1.807, 2.05) is 0 Å². The molecular formula is C41H67N3O9. The van der Waals surface area contributed by atoms with Gasteiger partial charge in [-0.05, 0) is 58.3 Å². The highest BCUT2D eigenvalue weighted by atomic mass is 16.6. The van der Waals surface area contributed by atoms with Crippen molar-refractivity contribution in [1.82, 2.24) is 15.1 Å². The minimum absolute atomic E-state index is 0.00254. The summed E-state index contributed by atoms with van der Waals surface area (Å²) in [6, 6.07) is 0.379. The molecule has 0 saturated heterocycles. The number of esters is 2. The number of carbonyl (C=O) groups is 5. The molecule has 0 aliphatic heterocycles. The third-order valence-electron chi connectivity index (χ3n) is 11.4. The summed E-state index contributed by atoms with van der Waals surface area (Å²) in [6.45, 7) is 4.70. The number of carbonyl (C=O) groups excluding carboxylic acids is 5. The van der Waals surface area contributed by atoms with Gasteiger partial charge in [-0.1, -0.05) is 83.6 Å². The Morgan fingerprint density at radius 1 is 0.585 bits per heavy atom. The van der Waals surface area contributed by atoms with Gasteiger partial charge in [-0.3, -0.25) is 19.2 Å². The van der Waals surface area contributed by atoms with Crippen molar-refractivity contribution in [2.75, 3.05) is 39.6 Å². The van der Waals surface area contributed by atoms with E-state index in [0.29, 0.717) is 0 Å². The molecule has 0 atom stereocenters. The van der Waals surface area contributed by atoms with Gasteiger partial charge in [0.2, 0.25) is 17.7 Å². The number of nitrogens with zero attached hydrogens (tertiary/aromatic N) is 2. The van der Waals surface area contributed by atoms with Crippen LogP contribution in [0.25, 0.3) is 0 Å². The van der Waals surface area contributed by atoms with Crippen LogP contribution in [-0.2, 0) is 42.9 Å². The molecule has 0 aromatic rings. The molecule has 0 bridgehead atoms. The average Bonchev–Trinajstić information content (AvgIpc) is 3.17. The van der Waals surface area contributed by atoms with Crippen molar-refractivity contribution >= 4 is 29.7 Å². The molecule has 0 unspecified atom stereocenters. The molecule has 0 aromatic carbocycles. The Balaban J connectivity index is 1.31. The molecule has 300 valence electrons. The number of nitrogens with one attached hydrogen (secondary N) is 1. The van der Waals surface area contributed by atoms with Crippen LogP contribution in [0.1, 0.15) is 148 Å². The van der Waals surface area contributed by atoms with Gasteiger partial charge >= 0.3 is 11.9 Å². The van der Waals surface area contributed by atoms with Crippen LogP contribution in [0.4, 0.5) is 0 Å². The first kappa shape index (κ1) is 42.7. The zero-order valence-electron chi connectivity index (χ0n) is 32.5. The van der Waals surface area contributed by atoms with Crippen LogP contribution in [-0.4, -0.2) is 109 Å². The SMILES string of the molecule is C=C(C)C(=O)OCCOC(=O)CCC(=O)NC(COCC(=O)N(C1CCCCC1)C1CCCCC1)COCC(=O)N(C1CCCCC1)C1CCCCC1. The topological polar surface area (TPSA) is 141 Å². The van der Waals surface area contributed by atoms with Crippen molar-refractivity contribution in [3.8, 4) is 0 Å². The van der Waals surface area contributed by atoms with E-state index >= 15 is 0 Å². The summed E-state index contributed by atoms with van der Waals surface area (Å²) in [5.74, 6) is -1.56. The zero-order chi connectivity index (χ0) is 37.8. The van der Waals surface area contributed by atoms with Crippen molar-refractivity contribution in [3.05, 3.63) is 12.2 Å². The summed E-state index contributed by atoms with van der Waals surface area (Å²) >= 11 is 0. The molecule has 1 N–H and O–H groups in total. The second-order valence-electron chi connectivity index (χ2n) is 15.7. The summed E-state index contributed by atoms with van der Waals surface area (Å²) < 4.78 is 22.1. The second-order valence-corrected chi connectivity index (χ2v) is 15.7.